The molecule has 0 heterocycles. The van der Waals surface area contributed by atoms with E-state index in [1.807, 2.05) is 0 Å². The van der Waals surface area contributed by atoms with Crippen molar-refractivity contribution in [1.29, 1.82) is 0 Å². The summed E-state index contributed by atoms with van der Waals surface area (Å²) < 4.78 is 0. The predicted octanol–water partition coefficient (Wildman–Crippen LogP) is 4.83. The molecule has 0 spiro atoms. The summed E-state index contributed by atoms with van der Waals surface area (Å²) in [5, 5.41) is 3.78. The van der Waals surface area contributed by atoms with Gasteiger partial charge in [0, 0.05) is 6.04 Å². The Bertz CT molecular complexity index is 435. The van der Waals surface area contributed by atoms with Crippen molar-refractivity contribution in [3.8, 4) is 0 Å². The topological polar surface area (TPSA) is 12.0 Å². The zero-order valence-corrected chi connectivity index (χ0v) is 13.1. The molecule has 1 aliphatic rings. The predicted molar refractivity (Wildman–Crippen MR) is 88.3 cm³/mol. The number of hydrogen-bond acceptors (Lipinski definition) is 1. The number of rotatable bonds is 7. The van der Waals surface area contributed by atoms with Crippen LogP contribution in [0.3, 0.4) is 0 Å². The largest absolute Gasteiger partial charge is 0.313 e. The van der Waals surface area contributed by atoms with Gasteiger partial charge < -0.3 is 5.32 Å². The number of nitrogens with one attached hydrogen (secondary N) is 1. The Labute approximate surface area is 124 Å². The average molecular weight is 271 g/mol. The molecule has 2 rings (SSSR count). The molecule has 0 saturated heterocycles. The van der Waals surface area contributed by atoms with E-state index >= 15 is 0 Å². The van der Waals surface area contributed by atoms with Crippen LogP contribution < -0.4 is 5.32 Å². The van der Waals surface area contributed by atoms with Gasteiger partial charge in [-0.15, -0.1) is 0 Å². The summed E-state index contributed by atoms with van der Waals surface area (Å²) in [7, 11) is 0. The maximum absolute atomic E-state index is 4.23. The second-order valence-electron chi connectivity index (χ2n) is 6.07. The van der Waals surface area contributed by atoms with Gasteiger partial charge >= 0.3 is 0 Å². The third-order valence-corrected chi connectivity index (χ3v) is 4.57. The normalized spacial score (nSPS) is 19.4. The summed E-state index contributed by atoms with van der Waals surface area (Å²) >= 11 is 0. The summed E-state index contributed by atoms with van der Waals surface area (Å²) in [4.78, 5) is 0. The Morgan fingerprint density at radius 3 is 2.90 bits per heavy atom. The second-order valence-corrected chi connectivity index (χ2v) is 6.07. The van der Waals surface area contributed by atoms with Gasteiger partial charge in [0.2, 0.25) is 0 Å². The molecular weight excluding hydrogens is 242 g/mol. The molecule has 0 fully saturated rings. The van der Waals surface area contributed by atoms with E-state index in [2.05, 4.69) is 50.0 Å². The lowest BCUT2D eigenvalue weighted by Gasteiger charge is -2.33. The minimum Gasteiger partial charge on any atom is -0.313 e. The van der Waals surface area contributed by atoms with Crippen LogP contribution in [0.15, 0.2) is 36.4 Å². The standard InChI is InChI=1S/C19H29N/c1-4-13-20-19(14-15(3)5-2)18-12-8-10-16-9-6-7-11-17(16)18/h6-7,9,11,18-20H,3-5,8,10,12-14H2,1-2H3. The monoisotopic (exact) mass is 271 g/mol. The van der Waals surface area contributed by atoms with Crippen LogP contribution in [0.4, 0.5) is 0 Å². The molecule has 1 N–H and O–H groups in total. The average Bonchev–Trinajstić information content (AvgIpc) is 2.50. The Hall–Kier alpha value is -1.08. The number of aryl methyl sites for hydroxylation is 1. The highest BCUT2D eigenvalue weighted by atomic mass is 14.9. The summed E-state index contributed by atoms with van der Waals surface area (Å²) in [6.45, 7) is 9.80. The number of fused-ring (bicyclic) bond motifs is 1. The van der Waals surface area contributed by atoms with Gasteiger partial charge in [-0.05, 0) is 62.1 Å². The molecule has 0 aliphatic heterocycles. The SMILES string of the molecule is C=C(CC)CC(NCCC)C1CCCc2ccccc21. The summed E-state index contributed by atoms with van der Waals surface area (Å²) in [6.07, 6.45) is 7.31. The number of benzene rings is 1. The van der Waals surface area contributed by atoms with E-state index in [-0.39, 0.29) is 0 Å². The molecule has 0 radical (unpaired) electrons. The summed E-state index contributed by atoms with van der Waals surface area (Å²) in [6, 6.07) is 9.59. The maximum atomic E-state index is 4.23. The molecule has 1 aromatic carbocycles. The van der Waals surface area contributed by atoms with Crippen LogP contribution in [-0.4, -0.2) is 12.6 Å². The molecular formula is C19H29N. The minimum absolute atomic E-state index is 0.559. The van der Waals surface area contributed by atoms with E-state index in [1.165, 1.54) is 31.3 Å². The van der Waals surface area contributed by atoms with Crippen molar-refractivity contribution in [3.05, 3.63) is 47.5 Å². The molecule has 1 nitrogen and oxygen atoms in total. The van der Waals surface area contributed by atoms with E-state index in [0.29, 0.717) is 12.0 Å². The lowest BCUT2D eigenvalue weighted by atomic mass is 9.77. The highest BCUT2D eigenvalue weighted by Crippen LogP contribution is 2.35. The first kappa shape index (κ1) is 15.3. The van der Waals surface area contributed by atoms with Crippen LogP contribution in [0.25, 0.3) is 0 Å². The molecule has 2 unspecified atom stereocenters. The van der Waals surface area contributed by atoms with Crippen molar-refractivity contribution in [3.63, 3.8) is 0 Å². The molecule has 110 valence electrons. The molecule has 0 saturated carbocycles. The van der Waals surface area contributed by atoms with E-state index in [0.717, 1.165) is 19.4 Å². The van der Waals surface area contributed by atoms with Crippen molar-refractivity contribution in [1.82, 2.24) is 5.32 Å². The van der Waals surface area contributed by atoms with Crippen molar-refractivity contribution in [2.24, 2.45) is 0 Å². The van der Waals surface area contributed by atoms with Gasteiger partial charge in [0.15, 0.2) is 0 Å². The molecule has 0 bridgehead atoms. The fraction of sp³-hybridized carbons (Fsp3) is 0.579. The van der Waals surface area contributed by atoms with Gasteiger partial charge in [-0.1, -0.05) is 50.3 Å². The number of hydrogen-bond donors (Lipinski definition) is 1. The summed E-state index contributed by atoms with van der Waals surface area (Å²) in [5.74, 6) is 0.662. The smallest absolute Gasteiger partial charge is 0.0173 e. The van der Waals surface area contributed by atoms with Crippen molar-refractivity contribution in [2.75, 3.05) is 6.54 Å². The quantitative estimate of drug-likeness (QED) is 0.700. The van der Waals surface area contributed by atoms with Crippen LogP contribution in [-0.2, 0) is 6.42 Å². The van der Waals surface area contributed by atoms with Gasteiger partial charge in [-0.2, -0.15) is 0 Å². The Morgan fingerprint density at radius 1 is 1.35 bits per heavy atom. The molecule has 2 atom stereocenters. The van der Waals surface area contributed by atoms with Crippen LogP contribution in [0.2, 0.25) is 0 Å². The summed E-state index contributed by atoms with van der Waals surface area (Å²) in [5.41, 5.74) is 4.52. The van der Waals surface area contributed by atoms with Crippen molar-refractivity contribution < 1.29 is 0 Å². The first-order valence-corrected chi connectivity index (χ1v) is 8.24. The fourth-order valence-corrected chi connectivity index (χ4v) is 3.35. The van der Waals surface area contributed by atoms with Gasteiger partial charge in [0.1, 0.15) is 0 Å². The lowest BCUT2D eigenvalue weighted by Crippen LogP contribution is -2.37. The molecule has 20 heavy (non-hydrogen) atoms. The molecule has 1 aromatic rings. The highest BCUT2D eigenvalue weighted by Gasteiger charge is 2.27. The van der Waals surface area contributed by atoms with Gasteiger partial charge in [0.05, 0.1) is 0 Å². The molecule has 1 heteroatoms. The van der Waals surface area contributed by atoms with Crippen LogP contribution in [0.5, 0.6) is 0 Å². The Kier molecular flexibility index (Phi) is 5.85. The fourth-order valence-electron chi connectivity index (χ4n) is 3.35. The second kappa shape index (κ2) is 7.64. The lowest BCUT2D eigenvalue weighted by molar-refractivity contribution is 0.387. The van der Waals surface area contributed by atoms with Crippen LogP contribution >= 0.6 is 0 Å². The highest BCUT2D eigenvalue weighted by molar-refractivity contribution is 5.34. The van der Waals surface area contributed by atoms with Crippen LogP contribution in [0, 0.1) is 0 Å². The first-order chi connectivity index (χ1) is 9.76. The molecule has 0 aromatic heterocycles. The Morgan fingerprint density at radius 2 is 2.15 bits per heavy atom. The Balaban J connectivity index is 2.18. The van der Waals surface area contributed by atoms with Crippen molar-refractivity contribution >= 4 is 0 Å². The maximum Gasteiger partial charge on any atom is 0.0173 e. The first-order valence-electron chi connectivity index (χ1n) is 8.24. The molecule has 1 aliphatic carbocycles. The minimum atomic E-state index is 0.559. The molecule has 0 amide bonds. The zero-order chi connectivity index (χ0) is 14.4. The van der Waals surface area contributed by atoms with E-state index in [9.17, 15) is 0 Å². The third kappa shape index (κ3) is 3.73. The third-order valence-electron chi connectivity index (χ3n) is 4.57. The van der Waals surface area contributed by atoms with Gasteiger partial charge in [-0.25, -0.2) is 0 Å². The van der Waals surface area contributed by atoms with Crippen molar-refractivity contribution in [2.45, 2.75) is 64.3 Å². The van der Waals surface area contributed by atoms with Crippen LogP contribution in [0.1, 0.15) is 63.0 Å². The van der Waals surface area contributed by atoms with Gasteiger partial charge in [0.25, 0.3) is 0 Å². The van der Waals surface area contributed by atoms with Gasteiger partial charge in [-0.3, -0.25) is 0 Å². The van der Waals surface area contributed by atoms with E-state index in [1.54, 1.807) is 11.1 Å². The van der Waals surface area contributed by atoms with E-state index in [4.69, 9.17) is 0 Å². The van der Waals surface area contributed by atoms with E-state index < -0.39 is 0 Å². The zero-order valence-electron chi connectivity index (χ0n) is 13.1.